The van der Waals surface area contributed by atoms with E-state index in [4.69, 9.17) is 0 Å². The van der Waals surface area contributed by atoms with E-state index < -0.39 is 10.8 Å². The van der Waals surface area contributed by atoms with Crippen molar-refractivity contribution in [2.24, 2.45) is 50.2 Å². The fourth-order valence-corrected chi connectivity index (χ4v) is 11.2. The summed E-state index contributed by atoms with van der Waals surface area (Å²) in [7, 11) is 0. The van der Waals surface area contributed by atoms with Crippen molar-refractivity contribution in [1.29, 1.82) is 5.26 Å². The number of nitrogens with zero attached hydrogens (tertiary/aromatic N) is 1. The molecule has 6 aliphatic carbocycles. The van der Waals surface area contributed by atoms with Gasteiger partial charge in [0.1, 0.15) is 6.07 Å². The third kappa shape index (κ3) is 3.53. The van der Waals surface area contributed by atoms with Crippen molar-refractivity contribution in [2.75, 3.05) is 6.54 Å². The largest absolute Gasteiger partial charge is 0.356 e. The highest BCUT2D eigenvalue weighted by Gasteiger charge is 2.72. The van der Waals surface area contributed by atoms with E-state index in [1.807, 2.05) is 19.1 Å². The van der Waals surface area contributed by atoms with Gasteiger partial charge in [-0.1, -0.05) is 46.3 Å². The van der Waals surface area contributed by atoms with Crippen LogP contribution in [0.3, 0.4) is 0 Å². The predicted molar refractivity (Wildman–Crippen MR) is 155 cm³/mol. The second-order valence-corrected chi connectivity index (χ2v) is 16.0. The molecule has 7 atom stereocenters. The van der Waals surface area contributed by atoms with E-state index in [2.05, 4.69) is 46.0 Å². The van der Waals surface area contributed by atoms with Crippen LogP contribution in [0.4, 0.5) is 0 Å². The fraction of sp³-hybridized carbons (Fsp3) is 0.771. The molecule has 40 heavy (non-hydrogen) atoms. The maximum absolute atomic E-state index is 14.6. The third-order valence-electron chi connectivity index (χ3n) is 13.7. The summed E-state index contributed by atoms with van der Waals surface area (Å²) in [4.78, 5) is 40.5. The monoisotopic (exact) mass is 544 g/mol. The van der Waals surface area contributed by atoms with Crippen molar-refractivity contribution < 1.29 is 14.4 Å². The van der Waals surface area contributed by atoms with Crippen molar-refractivity contribution in [2.45, 2.75) is 112 Å². The number of nitriles is 1. The summed E-state index contributed by atoms with van der Waals surface area (Å²) < 4.78 is 0. The lowest BCUT2D eigenvalue weighted by atomic mass is 9.34. The smallest absolute Gasteiger partial charge is 0.220 e. The minimum atomic E-state index is -0.440. The van der Waals surface area contributed by atoms with E-state index >= 15 is 0 Å². The first kappa shape index (κ1) is 27.9. The van der Waals surface area contributed by atoms with Gasteiger partial charge in [-0.2, -0.15) is 5.26 Å². The zero-order valence-corrected chi connectivity index (χ0v) is 25.5. The van der Waals surface area contributed by atoms with Crippen LogP contribution in [0.25, 0.3) is 0 Å². The van der Waals surface area contributed by atoms with Crippen molar-refractivity contribution >= 4 is 17.5 Å². The molecular weight excluding hydrogens is 496 g/mol. The SMILES string of the molecule is CCNC(=O)CC[C@]12CCC(C)(C)C[C@H]1[C@H]1C(=O)C=C3[C@@]4(C)C=C(C#N)C(=O)C5(CC5)[C@@H]4CC[C@@]3(C)[C@]1(C)CC2. The Balaban J connectivity index is 1.45. The number of nitrogens with one attached hydrogen (secondary N) is 1. The first-order chi connectivity index (χ1) is 18.7. The normalized spacial score (nSPS) is 44.2. The summed E-state index contributed by atoms with van der Waals surface area (Å²) in [5.41, 5.74) is 0.522. The number of fused-ring (bicyclic) bond motifs is 8. The summed E-state index contributed by atoms with van der Waals surface area (Å²) in [6, 6.07) is 2.24. The average Bonchev–Trinajstić information content (AvgIpc) is 3.68. The van der Waals surface area contributed by atoms with Gasteiger partial charge < -0.3 is 5.32 Å². The van der Waals surface area contributed by atoms with Crippen LogP contribution < -0.4 is 5.32 Å². The lowest BCUT2D eigenvalue weighted by Gasteiger charge is -2.69. The van der Waals surface area contributed by atoms with Gasteiger partial charge in [-0.05, 0) is 111 Å². The van der Waals surface area contributed by atoms with E-state index in [0.717, 1.165) is 64.2 Å². The van der Waals surface area contributed by atoms with Crippen molar-refractivity contribution in [3.8, 4) is 6.07 Å². The van der Waals surface area contributed by atoms with Crippen molar-refractivity contribution in [1.82, 2.24) is 5.32 Å². The number of hydrogen-bond donors (Lipinski definition) is 1. The number of rotatable bonds is 4. The Hall–Kier alpha value is -2.22. The van der Waals surface area contributed by atoms with Crippen molar-refractivity contribution in [3.05, 3.63) is 23.3 Å². The van der Waals surface area contributed by atoms with E-state index in [0.29, 0.717) is 18.5 Å². The molecule has 4 fully saturated rings. The molecule has 0 aromatic rings. The van der Waals surface area contributed by atoms with Gasteiger partial charge in [0, 0.05) is 29.7 Å². The molecule has 0 aliphatic heterocycles. The zero-order chi connectivity index (χ0) is 28.9. The van der Waals surface area contributed by atoms with Crippen LogP contribution in [0.1, 0.15) is 112 Å². The van der Waals surface area contributed by atoms with Gasteiger partial charge >= 0.3 is 0 Å². The molecule has 5 heteroatoms. The summed E-state index contributed by atoms with van der Waals surface area (Å²) in [5.74, 6) is 0.825. The molecule has 0 bridgehead atoms. The zero-order valence-electron chi connectivity index (χ0n) is 25.5. The van der Waals surface area contributed by atoms with Gasteiger partial charge in [0.2, 0.25) is 5.91 Å². The molecule has 0 saturated heterocycles. The molecule has 1 spiro atoms. The predicted octanol–water partition coefficient (Wildman–Crippen LogP) is 6.88. The van der Waals surface area contributed by atoms with E-state index in [1.165, 1.54) is 5.57 Å². The lowest BCUT2D eigenvalue weighted by molar-refractivity contribution is -0.172. The molecule has 0 aromatic heterocycles. The molecule has 6 aliphatic rings. The molecule has 6 rings (SSSR count). The Morgan fingerprint density at radius 2 is 1.73 bits per heavy atom. The van der Waals surface area contributed by atoms with Crippen LogP contribution in [-0.4, -0.2) is 24.0 Å². The van der Waals surface area contributed by atoms with E-state index in [-0.39, 0.29) is 56.9 Å². The summed E-state index contributed by atoms with van der Waals surface area (Å²) >= 11 is 0. The fourth-order valence-electron chi connectivity index (χ4n) is 11.2. The van der Waals surface area contributed by atoms with Gasteiger partial charge in [-0.3, -0.25) is 14.4 Å². The van der Waals surface area contributed by atoms with Crippen LogP contribution in [0.2, 0.25) is 0 Å². The number of Topliss-reactive ketones (excluding diaryl/α,β-unsaturated/α-hetero) is 1. The quantitative estimate of drug-likeness (QED) is 0.418. The first-order valence-corrected chi connectivity index (χ1v) is 15.9. The summed E-state index contributed by atoms with van der Waals surface area (Å²) in [6.45, 7) is 14.4. The molecule has 0 radical (unpaired) electrons. The Morgan fingerprint density at radius 3 is 2.38 bits per heavy atom. The minimum absolute atomic E-state index is 0.0342. The first-order valence-electron chi connectivity index (χ1n) is 15.9. The van der Waals surface area contributed by atoms with Gasteiger partial charge in [-0.15, -0.1) is 0 Å². The highest BCUT2D eigenvalue weighted by atomic mass is 16.1. The van der Waals surface area contributed by atoms with E-state index in [9.17, 15) is 19.6 Å². The average molecular weight is 545 g/mol. The standard InChI is InChI=1S/C35H48N2O3/c1-7-37-27(39)9-11-34-14-12-30(2,3)20-23(34)28-24(38)18-26-31(4)19-22(21-36)29(40)35(16-17-35)25(31)8-10-32(26,5)33(28,6)13-15-34/h18-19,23,25,28H,7-17,20H2,1-6H3,(H,37,39)/t23-,25+,28-,31-,32+,33+,34+/m0/s1. The van der Waals surface area contributed by atoms with Crippen LogP contribution in [0.15, 0.2) is 23.3 Å². The maximum atomic E-state index is 14.6. The Bertz CT molecular complexity index is 1280. The van der Waals surface area contributed by atoms with Gasteiger partial charge in [0.15, 0.2) is 11.6 Å². The molecular formula is C35H48N2O3. The highest BCUT2D eigenvalue weighted by molar-refractivity contribution is 6.06. The second kappa shape index (κ2) is 8.65. The number of allylic oxidation sites excluding steroid dienone is 4. The Kier molecular flexibility index (Phi) is 6.04. The summed E-state index contributed by atoms with van der Waals surface area (Å²) in [5, 5.41) is 12.9. The molecule has 5 nitrogen and oxygen atoms in total. The van der Waals surface area contributed by atoms with Crippen molar-refractivity contribution in [3.63, 3.8) is 0 Å². The molecule has 1 amide bonds. The third-order valence-corrected chi connectivity index (χ3v) is 13.7. The number of ketones is 2. The van der Waals surface area contributed by atoms with Gasteiger partial charge in [0.05, 0.1) is 5.57 Å². The van der Waals surface area contributed by atoms with Crippen LogP contribution in [-0.2, 0) is 14.4 Å². The van der Waals surface area contributed by atoms with Crippen LogP contribution >= 0.6 is 0 Å². The Labute approximate surface area is 240 Å². The highest BCUT2D eigenvalue weighted by Crippen LogP contribution is 2.77. The molecule has 0 aromatic carbocycles. The Morgan fingerprint density at radius 1 is 1.02 bits per heavy atom. The number of carbonyl (C=O) groups is 3. The second-order valence-electron chi connectivity index (χ2n) is 16.0. The molecule has 216 valence electrons. The lowest BCUT2D eigenvalue weighted by Crippen LogP contribution is -2.64. The molecule has 0 heterocycles. The summed E-state index contributed by atoms with van der Waals surface area (Å²) in [6.07, 6.45) is 14.4. The van der Waals surface area contributed by atoms with Gasteiger partial charge in [0.25, 0.3) is 0 Å². The molecule has 1 N–H and O–H groups in total. The number of hydrogen-bond acceptors (Lipinski definition) is 4. The number of carbonyl (C=O) groups excluding carboxylic acids is 3. The van der Waals surface area contributed by atoms with E-state index in [1.54, 1.807) is 0 Å². The minimum Gasteiger partial charge on any atom is -0.356 e. The van der Waals surface area contributed by atoms with Crippen LogP contribution in [0.5, 0.6) is 0 Å². The van der Waals surface area contributed by atoms with Crippen LogP contribution in [0, 0.1) is 61.6 Å². The topological polar surface area (TPSA) is 87.0 Å². The van der Waals surface area contributed by atoms with Gasteiger partial charge in [-0.25, -0.2) is 0 Å². The number of amides is 1. The maximum Gasteiger partial charge on any atom is 0.220 e. The molecule has 4 saturated carbocycles. The molecule has 0 unspecified atom stereocenters.